The zero-order valence-electron chi connectivity index (χ0n) is 12.5. The lowest BCUT2D eigenvalue weighted by Gasteiger charge is -2.29. The predicted octanol–water partition coefficient (Wildman–Crippen LogP) is 2.20. The molecule has 118 valence electrons. The molecule has 0 saturated carbocycles. The molecule has 6 nitrogen and oxygen atoms in total. The number of aryl methyl sites for hydroxylation is 1. The topological polar surface area (TPSA) is 76.3 Å². The van der Waals surface area contributed by atoms with Gasteiger partial charge in [-0.3, -0.25) is 0 Å². The third-order valence-electron chi connectivity index (χ3n) is 3.98. The van der Waals surface area contributed by atoms with Gasteiger partial charge in [-0.05, 0) is 25.0 Å². The van der Waals surface area contributed by atoms with E-state index in [2.05, 4.69) is 10.1 Å². The second-order valence-corrected chi connectivity index (χ2v) is 7.33. The fourth-order valence-electron chi connectivity index (χ4n) is 2.66. The van der Waals surface area contributed by atoms with E-state index in [9.17, 15) is 8.42 Å². The number of aromatic nitrogens is 2. The molecule has 3 rings (SSSR count). The van der Waals surface area contributed by atoms with Gasteiger partial charge in [-0.15, -0.1) is 0 Å². The van der Waals surface area contributed by atoms with Crippen LogP contribution in [0.2, 0.25) is 0 Å². The summed E-state index contributed by atoms with van der Waals surface area (Å²) < 4.78 is 31.9. The van der Waals surface area contributed by atoms with Gasteiger partial charge in [-0.2, -0.15) is 9.29 Å². The number of hydrogen-bond donors (Lipinski definition) is 0. The van der Waals surface area contributed by atoms with Gasteiger partial charge in [0.2, 0.25) is 15.9 Å². The highest BCUT2D eigenvalue weighted by Crippen LogP contribution is 2.29. The third kappa shape index (κ3) is 2.91. The van der Waals surface area contributed by atoms with Crippen LogP contribution in [0, 0.1) is 0 Å². The van der Waals surface area contributed by atoms with Gasteiger partial charge in [-0.1, -0.05) is 30.3 Å². The molecule has 0 aliphatic carbocycles. The fourth-order valence-corrected chi connectivity index (χ4v) is 4.15. The van der Waals surface area contributed by atoms with Gasteiger partial charge in [-0.25, -0.2) is 8.42 Å². The smallest absolute Gasteiger partial charge is 0.243 e. The Kier molecular flexibility index (Phi) is 4.26. The number of nitrogens with zero attached hydrogens (tertiary/aromatic N) is 3. The average molecular weight is 321 g/mol. The molecule has 1 aromatic carbocycles. The molecular weight excluding hydrogens is 302 g/mol. The molecule has 0 bridgehead atoms. The average Bonchev–Trinajstić information content (AvgIpc) is 3.05. The number of benzene rings is 1. The molecule has 0 unspecified atom stereocenters. The Balaban J connectivity index is 1.69. The van der Waals surface area contributed by atoms with Crippen molar-refractivity contribution >= 4 is 10.0 Å². The van der Waals surface area contributed by atoms with Crippen LogP contribution in [-0.4, -0.2) is 36.0 Å². The van der Waals surface area contributed by atoms with Crippen molar-refractivity contribution in [1.29, 1.82) is 0 Å². The van der Waals surface area contributed by atoms with E-state index in [0.29, 0.717) is 42.5 Å². The van der Waals surface area contributed by atoms with Crippen molar-refractivity contribution in [3.63, 3.8) is 0 Å². The Labute approximate surface area is 130 Å². The van der Waals surface area contributed by atoms with Crippen LogP contribution in [0.1, 0.15) is 37.4 Å². The first-order valence-electron chi connectivity index (χ1n) is 7.49. The van der Waals surface area contributed by atoms with Gasteiger partial charge >= 0.3 is 0 Å². The monoisotopic (exact) mass is 321 g/mol. The zero-order chi connectivity index (χ0) is 15.6. The summed E-state index contributed by atoms with van der Waals surface area (Å²) in [5.74, 6) is 1.48. The van der Waals surface area contributed by atoms with Crippen molar-refractivity contribution < 1.29 is 12.9 Å². The largest absolute Gasteiger partial charge is 0.339 e. The molecule has 0 spiro atoms. The van der Waals surface area contributed by atoms with Gasteiger partial charge in [0.15, 0.2) is 5.82 Å². The minimum Gasteiger partial charge on any atom is -0.339 e. The van der Waals surface area contributed by atoms with Crippen molar-refractivity contribution in [2.45, 2.75) is 37.0 Å². The zero-order valence-corrected chi connectivity index (χ0v) is 13.3. The van der Waals surface area contributed by atoms with Gasteiger partial charge in [0, 0.05) is 25.4 Å². The van der Waals surface area contributed by atoms with E-state index in [1.165, 1.54) is 4.31 Å². The van der Waals surface area contributed by atoms with E-state index in [4.69, 9.17) is 4.52 Å². The molecule has 1 aliphatic heterocycles. The standard InChI is InChI=1S/C15H19N3O3S/c1-2-14-16-15(21-17-14)12-8-10-18(11-9-12)22(19,20)13-6-4-3-5-7-13/h3-7,12H,2,8-11H2,1H3. The Bertz CT molecular complexity index is 720. The van der Waals surface area contributed by atoms with Crippen LogP contribution in [0.5, 0.6) is 0 Å². The quantitative estimate of drug-likeness (QED) is 0.863. The van der Waals surface area contributed by atoms with Crippen LogP contribution in [0.15, 0.2) is 39.8 Å². The van der Waals surface area contributed by atoms with Gasteiger partial charge < -0.3 is 4.52 Å². The van der Waals surface area contributed by atoms with Crippen molar-refractivity contribution in [3.05, 3.63) is 42.0 Å². The summed E-state index contributed by atoms with van der Waals surface area (Å²) >= 11 is 0. The molecule has 7 heteroatoms. The first-order chi connectivity index (χ1) is 10.6. The van der Waals surface area contributed by atoms with Gasteiger partial charge in [0.25, 0.3) is 0 Å². The molecule has 1 fully saturated rings. The number of hydrogen-bond acceptors (Lipinski definition) is 5. The highest BCUT2D eigenvalue weighted by molar-refractivity contribution is 7.89. The summed E-state index contributed by atoms with van der Waals surface area (Å²) in [6.45, 7) is 2.93. The lowest BCUT2D eigenvalue weighted by atomic mass is 9.98. The number of sulfonamides is 1. The van der Waals surface area contributed by atoms with Crippen LogP contribution in [0.3, 0.4) is 0 Å². The summed E-state index contributed by atoms with van der Waals surface area (Å²) in [6.07, 6.45) is 2.15. The summed E-state index contributed by atoms with van der Waals surface area (Å²) in [5.41, 5.74) is 0. The second kappa shape index (κ2) is 6.18. The lowest BCUT2D eigenvalue weighted by Crippen LogP contribution is -2.37. The molecule has 0 amide bonds. The van der Waals surface area contributed by atoms with Crippen LogP contribution >= 0.6 is 0 Å². The molecule has 0 atom stereocenters. The van der Waals surface area contributed by atoms with Crippen LogP contribution in [0.4, 0.5) is 0 Å². The number of rotatable bonds is 4. The van der Waals surface area contributed by atoms with Crippen LogP contribution in [0.25, 0.3) is 0 Å². The second-order valence-electron chi connectivity index (χ2n) is 5.39. The van der Waals surface area contributed by atoms with E-state index in [-0.39, 0.29) is 5.92 Å². The highest BCUT2D eigenvalue weighted by Gasteiger charge is 2.31. The molecule has 0 N–H and O–H groups in total. The summed E-state index contributed by atoms with van der Waals surface area (Å²) in [6, 6.07) is 8.56. The van der Waals surface area contributed by atoms with Crippen molar-refractivity contribution in [3.8, 4) is 0 Å². The summed E-state index contributed by atoms with van der Waals surface area (Å²) in [7, 11) is -3.40. The van der Waals surface area contributed by atoms with Gasteiger partial charge in [0.1, 0.15) is 0 Å². The van der Waals surface area contributed by atoms with Crippen LogP contribution in [-0.2, 0) is 16.4 Å². The highest BCUT2D eigenvalue weighted by atomic mass is 32.2. The Morgan fingerprint density at radius 3 is 2.50 bits per heavy atom. The molecule has 1 saturated heterocycles. The first-order valence-corrected chi connectivity index (χ1v) is 8.93. The third-order valence-corrected chi connectivity index (χ3v) is 5.90. The predicted molar refractivity (Wildman–Crippen MR) is 80.9 cm³/mol. The van der Waals surface area contributed by atoms with E-state index < -0.39 is 10.0 Å². The van der Waals surface area contributed by atoms with E-state index in [0.717, 1.165) is 6.42 Å². The van der Waals surface area contributed by atoms with E-state index >= 15 is 0 Å². The Hall–Kier alpha value is -1.73. The molecule has 1 aliphatic rings. The van der Waals surface area contributed by atoms with E-state index in [1.54, 1.807) is 24.3 Å². The molecule has 2 aromatic rings. The van der Waals surface area contributed by atoms with Crippen LogP contribution < -0.4 is 0 Å². The van der Waals surface area contributed by atoms with Gasteiger partial charge in [0.05, 0.1) is 4.90 Å². The van der Waals surface area contributed by atoms with Crippen molar-refractivity contribution in [2.75, 3.05) is 13.1 Å². The fraction of sp³-hybridized carbons (Fsp3) is 0.467. The molecule has 2 heterocycles. The maximum absolute atomic E-state index is 12.6. The summed E-state index contributed by atoms with van der Waals surface area (Å²) in [5, 5.41) is 3.91. The number of piperidine rings is 1. The van der Waals surface area contributed by atoms with E-state index in [1.807, 2.05) is 13.0 Å². The maximum Gasteiger partial charge on any atom is 0.243 e. The lowest BCUT2D eigenvalue weighted by molar-refractivity contribution is 0.270. The SMILES string of the molecule is CCc1noc(C2CCN(S(=O)(=O)c3ccccc3)CC2)n1. The maximum atomic E-state index is 12.6. The summed E-state index contributed by atoms with van der Waals surface area (Å²) in [4.78, 5) is 4.70. The Morgan fingerprint density at radius 1 is 1.23 bits per heavy atom. The molecule has 0 radical (unpaired) electrons. The molecular formula is C15H19N3O3S. The minimum atomic E-state index is -3.40. The normalized spacial score (nSPS) is 17.7. The first kappa shape index (κ1) is 15.2. The minimum absolute atomic E-state index is 0.148. The molecule has 22 heavy (non-hydrogen) atoms. The van der Waals surface area contributed by atoms with Crippen molar-refractivity contribution in [1.82, 2.24) is 14.4 Å². The van der Waals surface area contributed by atoms with Crippen molar-refractivity contribution in [2.24, 2.45) is 0 Å². The Morgan fingerprint density at radius 2 is 1.91 bits per heavy atom. The molecule has 1 aromatic heterocycles.